The largest absolute Gasteiger partial charge is 0.378 e. The van der Waals surface area contributed by atoms with E-state index < -0.39 is 0 Å². The van der Waals surface area contributed by atoms with Crippen molar-refractivity contribution in [2.24, 2.45) is 5.92 Å². The summed E-state index contributed by atoms with van der Waals surface area (Å²) in [6.45, 7) is 6.67. The summed E-state index contributed by atoms with van der Waals surface area (Å²) < 4.78 is 6.59. The summed E-state index contributed by atoms with van der Waals surface area (Å²) in [7, 11) is 0. The molecule has 0 saturated carbocycles. The molecule has 26 heavy (non-hydrogen) atoms. The van der Waals surface area contributed by atoms with Gasteiger partial charge in [0, 0.05) is 49.2 Å². The van der Waals surface area contributed by atoms with Crippen molar-refractivity contribution in [1.29, 1.82) is 0 Å². The summed E-state index contributed by atoms with van der Waals surface area (Å²) in [4.78, 5) is 22.0. The predicted octanol–water partition coefficient (Wildman–Crippen LogP) is 1.96. The summed E-state index contributed by atoms with van der Waals surface area (Å²) in [5.74, 6) is 0.702. The van der Waals surface area contributed by atoms with E-state index in [9.17, 15) is 4.79 Å². The second-order valence-electron chi connectivity index (χ2n) is 7.61. The number of thiophene rings is 1. The average Bonchev–Trinajstić information content (AvgIpc) is 3.24. The van der Waals surface area contributed by atoms with Gasteiger partial charge in [-0.15, -0.1) is 11.3 Å². The van der Waals surface area contributed by atoms with Gasteiger partial charge >= 0.3 is 0 Å². The number of carbonyl (C=O) groups is 1. The molecule has 2 aromatic heterocycles. The number of ether oxygens (including phenoxy) is 1. The molecule has 6 nitrogen and oxygen atoms in total. The maximum atomic E-state index is 12.8. The molecule has 2 bridgehead atoms. The number of anilines is 1. The minimum Gasteiger partial charge on any atom is -0.378 e. The Morgan fingerprint density at radius 2 is 2.15 bits per heavy atom. The van der Waals surface area contributed by atoms with Crippen LogP contribution in [0.15, 0.2) is 17.6 Å². The minimum absolute atomic E-state index is 0.0430. The molecule has 3 unspecified atom stereocenters. The van der Waals surface area contributed by atoms with Gasteiger partial charge in [-0.05, 0) is 31.4 Å². The van der Waals surface area contributed by atoms with Gasteiger partial charge in [0.2, 0.25) is 0 Å². The number of hydrogen-bond acceptors (Lipinski definition) is 6. The molecule has 3 aliphatic heterocycles. The third-order valence-corrected chi connectivity index (χ3v) is 6.75. The lowest BCUT2D eigenvalue weighted by atomic mass is 9.97. The zero-order valence-electron chi connectivity index (χ0n) is 14.8. The standard InChI is InChI=1S/C19H24N4O2S/c24-19(21-14-7-13-1-2-22(10-13)11-14)16-8-15-17(12-26-18(15)9-20-16)23-3-5-25-6-4-23/h8-9,12-14H,1-7,10-11H2,(H,21,24). The van der Waals surface area contributed by atoms with Crippen molar-refractivity contribution in [1.82, 2.24) is 15.2 Å². The predicted molar refractivity (Wildman–Crippen MR) is 103 cm³/mol. The lowest BCUT2D eigenvalue weighted by molar-refractivity contribution is 0.0904. The fraction of sp³-hybridized carbons (Fsp3) is 0.579. The monoisotopic (exact) mass is 372 g/mol. The van der Waals surface area contributed by atoms with Crippen molar-refractivity contribution in [2.75, 3.05) is 50.8 Å². The molecule has 0 aromatic carbocycles. The van der Waals surface area contributed by atoms with Crippen LogP contribution in [0.2, 0.25) is 0 Å². The molecule has 1 amide bonds. The van der Waals surface area contributed by atoms with Crippen molar-refractivity contribution in [3.63, 3.8) is 0 Å². The van der Waals surface area contributed by atoms with Crippen molar-refractivity contribution in [2.45, 2.75) is 18.9 Å². The summed E-state index contributed by atoms with van der Waals surface area (Å²) in [6, 6.07) is 2.21. The summed E-state index contributed by atoms with van der Waals surface area (Å²) in [6.07, 6.45) is 4.21. The van der Waals surface area contributed by atoms with E-state index in [1.54, 1.807) is 11.3 Å². The number of nitrogens with one attached hydrogen (secondary N) is 1. The molecule has 3 saturated heterocycles. The number of hydrogen-bond donors (Lipinski definition) is 1. The molecule has 5 rings (SSSR count). The molecule has 3 atom stereocenters. The smallest absolute Gasteiger partial charge is 0.270 e. The lowest BCUT2D eigenvalue weighted by Gasteiger charge is -2.30. The first-order chi connectivity index (χ1) is 12.8. The minimum atomic E-state index is -0.0430. The van der Waals surface area contributed by atoms with Crippen molar-refractivity contribution in [3.8, 4) is 0 Å². The van der Waals surface area contributed by atoms with Gasteiger partial charge in [0.1, 0.15) is 5.69 Å². The number of nitrogens with zero attached hydrogens (tertiary/aromatic N) is 3. The summed E-state index contributed by atoms with van der Waals surface area (Å²) >= 11 is 1.69. The van der Waals surface area contributed by atoms with E-state index in [2.05, 4.69) is 25.5 Å². The average molecular weight is 372 g/mol. The van der Waals surface area contributed by atoms with E-state index in [0.29, 0.717) is 5.69 Å². The third-order valence-electron chi connectivity index (χ3n) is 5.83. The Hall–Kier alpha value is -1.70. The van der Waals surface area contributed by atoms with Crippen LogP contribution in [-0.2, 0) is 4.74 Å². The first kappa shape index (κ1) is 16.5. The maximum absolute atomic E-state index is 12.8. The molecule has 0 spiro atoms. The second-order valence-corrected chi connectivity index (χ2v) is 8.52. The van der Waals surface area contributed by atoms with Gasteiger partial charge in [-0.3, -0.25) is 4.79 Å². The van der Waals surface area contributed by atoms with E-state index in [-0.39, 0.29) is 11.9 Å². The van der Waals surface area contributed by atoms with E-state index >= 15 is 0 Å². The Labute approximate surface area is 157 Å². The van der Waals surface area contributed by atoms with Gasteiger partial charge in [-0.2, -0.15) is 0 Å². The van der Waals surface area contributed by atoms with Crippen LogP contribution in [-0.4, -0.2) is 67.8 Å². The molecule has 3 fully saturated rings. The molecule has 5 heterocycles. The number of morpholine rings is 1. The van der Waals surface area contributed by atoms with Gasteiger partial charge in [0.15, 0.2) is 0 Å². The first-order valence-corrected chi connectivity index (χ1v) is 10.4. The van der Waals surface area contributed by atoms with Crippen molar-refractivity contribution < 1.29 is 9.53 Å². The topological polar surface area (TPSA) is 57.7 Å². The highest BCUT2D eigenvalue weighted by Crippen LogP contribution is 2.33. The maximum Gasteiger partial charge on any atom is 0.270 e. The van der Waals surface area contributed by atoms with Crippen molar-refractivity contribution >= 4 is 33.0 Å². The van der Waals surface area contributed by atoms with Crippen LogP contribution in [0, 0.1) is 5.92 Å². The Bertz CT molecular complexity index is 805. The zero-order valence-corrected chi connectivity index (χ0v) is 15.6. The number of pyridine rings is 1. The van der Waals surface area contributed by atoms with Crippen LogP contribution < -0.4 is 10.2 Å². The molecular formula is C19H24N4O2S. The number of amides is 1. The van der Waals surface area contributed by atoms with E-state index in [1.165, 1.54) is 25.2 Å². The van der Waals surface area contributed by atoms with Crippen LogP contribution >= 0.6 is 11.3 Å². The fourth-order valence-electron chi connectivity index (χ4n) is 4.52. The number of aromatic nitrogens is 1. The number of carbonyl (C=O) groups excluding carboxylic acids is 1. The van der Waals surface area contributed by atoms with E-state index in [1.807, 2.05) is 12.3 Å². The van der Waals surface area contributed by atoms with Gasteiger partial charge in [-0.25, -0.2) is 4.98 Å². The van der Waals surface area contributed by atoms with Crippen LogP contribution in [0.1, 0.15) is 23.3 Å². The molecule has 2 aromatic rings. The highest BCUT2D eigenvalue weighted by molar-refractivity contribution is 7.17. The lowest BCUT2D eigenvalue weighted by Crippen LogP contribution is -2.47. The molecular weight excluding hydrogens is 348 g/mol. The Morgan fingerprint density at radius 1 is 1.27 bits per heavy atom. The summed E-state index contributed by atoms with van der Waals surface area (Å²) in [5, 5.41) is 6.52. The third kappa shape index (κ3) is 3.08. The quantitative estimate of drug-likeness (QED) is 0.893. The zero-order chi connectivity index (χ0) is 17.5. The van der Waals surface area contributed by atoms with Crippen LogP contribution in [0.5, 0.6) is 0 Å². The summed E-state index contributed by atoms with van der Waals surface area (Å²) in [5.41, 5.74) is 1.73. The van der Waals surface area contributed by atoms with Crippen LogP contribution in [0.25, 0.3) is 10.1 Å². The molecule has 138 valence electrons. The number of piperidine rings is 1. The van der Waals surface area contributed by atoms with Crippen LogP contribution in [0.4, 0.5) is 5.69 Å². The Balaban J connectivity index is 1.35. The number of rotatable bonds is 3. The molecule has 7 heteroatoms. The second kappa shape index (κ2) is 6.79. The highest BCUT2D eigenvalue weighted by atomic mass is 32.1. The molecule has 0 aliphatic carbocycles. The van der Waals surface area contributed by atoms with Gasteiger partial charge in [0.05, 0.1) is 23.6 Å². The van der Waals surface area contributed by atoms with Gasteiger partial charge in [0.25, 0.3) is 5.91 Å². The Morgan fingerprint density at radius 3 is 3.00 bits per heavy atom. The van der Waals surface area contributed by atoms with Crippen molar-refractivity contribution in [3.05, 3.63) is 23.3 Å². The normalized spacial score (nSPS) is 28.5. The van der Waals surface area contributed by atoms with Crippen LogP contribution in [0.3, 0.4) is 0 Å². The van der Waals surface area contributed by atoms with E-state index in [4.69, 9.17) is 4.74 Å². The first-order valence-electron chi connectivity index (χ1n) is 9.49. The fourth-order valence-corrected chi connectivity index (χ4v) is 5.44. The molecule has 0 radical (unpaired) electrons. The molecule has 1 N–H and O–H groups in total. The van der Waals surface area contributed by atoms with Gasteiger partial charge < -0.3 is 19.9 Å². The highest BCUT2D eigenvalue weighted by Gasteiger charge is 2.33. The van der Waals surface area contributed by atoms with E-state index in [0.717, 1.165) is 55.3 Å². The molecule has 3 aliphatic rings. The SMILES string of the molecule is O=C(NC1CC2CCN(C2)C1)c1cc2c(N3CCOCC3)csc2cn1. The Kier molecular flexibility index (Phi) is 4.30. The number of fused-ring (bicyclic) bond motifs is 3. The van der Waals surface area contributed by atoms with Gasteiger partial charge in [-0.1, -0.05) is 0 Å².